The summed E-state index contributed by atoms with van der Waals surface area (Å²) in [4.78, 5) is 11.7. The van der Waals surface area contributed by atoms with E-state index < -0.39 is 6.10 Å². The van der Waals surface area contributed by atoms with Gasteiger partial charge in [0.2, 0.25) is 0 Å². The van der Waals surface area contributed by atoms with Crippen molar-refractivity contribution in [2.45, 2.75) is 70.5 Å². The number of carbonyl (C=O) groups is 1. The summed E-state index contributed by atoms with van der Waals surface area (Å²) in [5.74, 6) is 1.43. The number of methoxy groups -OCH3 is 1. The van der Waals surface area contributed by atoms with Gasteiger partial charge in [-0.25, -0.2) is 4.39 Å². The van der Waals surface area contributed by atoms with E-state index >= 15 is 4.39 Å². The van der Waals surface area contributed by atoms with Gasteiger partial charge in [-0.3, -0.25) is 4.79 Å². The third-order valence-corrected chi connectivity index (χ3v) is 8.12. The molecule has 0 radical (unpaired) electrons. The Labute approximate surface area is 241 Å². The largest absolute Gasteiger partial charge is 0.492 e. The van der Waals surface area contributed by atoms with Gasteiger partial charge in [-0.2, -0.15) is 0 Å². The van der Waals surface area contributed by atoms with Crippen LogP contribution >= 0.6 is 0 Å². The topological polar surface area (TPSA) is 63.2 Å². The Morgan fingerprint density at radius 1 is 1.02 bits per heavy atom. The van der Waals surface area contributed by atoms with Crippen molar-refractivity contribution in [3.05, 3.63) is 82.7 Å². The number of fused-ring (bicyclic) bond motifs is 1. The molecule has 0 saturated carbocycles. The van der Waals surface area contributed by atoms with Crippen molar-refractivity contribution >= 4 is 11.5 Å². The molecular weight excluding hydrogens is 523 g/mol. The van der Waals surface area contributed by atoms with Crippen LogP contribution in [0.5, 0.6) is 17.2 Å². The zero-order valence-corrected chi connectivity index (χ0v) is 24.2. The summed E-state index contributed by atoms with van der Waals surface area (Å²) >= 11 is 0. The molecule has 2 heterocycles. The molecule has 6 nitrogen and oxygen atoms in total. The molecule has 2 aromatic carbocycles. The first-order chi connectivity index (χ1) is 19.8. The third-order valence-electron chi connectivity index (χ3n) is 8.12. The summed E-state index contributed by atoms with van der Waals surface area (Å²) in [6, 6.07) is 9.74. The molecule has 0 N–H and O–H groups in total. The summed E-state index contributed by atoms with van der Waals surface area (Å²) in [7, 11) is 1.38. The number of rotatable bonds is 7. The van der Waals surface area contributed by atoms with Gasteiger partial charge < -0.3 is 23.7 Å². The van der Waals surface area contributed by atoms with Crippen LogP contribution in [0.4, 0.5) is 4.39 Å². The standard InChI is InChI=1S/C34H39FO6/c1-21-16-28(40-26-12-14-38-15-13-26)17-22(2)34(21)24-6-5-7-31(23(3)30(35)11-8-24)41-27-9-10-29-25(18-33(36)37-4)20-39-32(29)19-27/h8-11,16-17,19,25-26,31H,3,5-7,12-15,18,20H2,1-2,4H3/b24-8+,30-11+/t25-,31-/m1/s1. The highest BCUT2D eigenvalue weighted by Crippen LogP contribution is 2.40. The molecule has 1 fully saturated rings. The van der Waals surface area contributed by atoms with Gasteiger partial charge in [-0.05, 0) is 79.6 Å². The summed E-state index contributed by atoms with van der Waals surface area (Å²) in [5.41, 5.74) is 5.72. The van der Waals surface area contributed by atoms with Gasteiger partial charge >= 0.3 is 5.97 Å². The maximum Gasteiger partial charge on any atom is 0.306 e. The normalized spacial score (nSPS) is 24.0. The van der Waals surface area contributed by atoms with E-state index in [1.807, 2.05) is 24.3 Å². The number of aryl methyl sites for hydroxylation is 2. The smallest absolute Gasteiger partial charge is 0.306 e. The van der Waals surface area contributed by atoms with Crippen molar-refractivity contribution in [3.63, 3.8) is 0 Å². The summed E-state index contributed by atoms with van der Waals surface area (Å²) < 4.78 is 43.9. The first-order valence-corrected chi connectivity index (χ1v) is 14.4. The lowest BCUT2D eigenvalue weighted by molar-refractivity contribution is -0.141. The van der Waals surface area contributed by atoms with Gasteiger partial charge in [0.15, 0.2) is 0 Å². The van der Waals surface area contributed by atoms with Crippen LogP contribution in [-0.2, 0) is 14.3 Å². The number of allylic oxidation sites excluding steroid dienone is 3. The number of hydrogen-bond acceptors (Lipinski definition) is 6. The highest BCUT2D eigenvalue weighted by atomic mass is 19.1. The van der Waals surface area contributed by atoms with E-state index in [-0.39, 0.29) is 30.2 Å². The quantitative estimate of drug-likeness (QED) is 0.330. The van der Waals surface area contributed by atoms with E-state index in [0.29, 0.717) is 30.1 Å². The van der Waals surface area contributed by atoms with Gasteiger partial charge in [0.05, 0.1) is 33.4 Å². The molecule has 7 heteroatoms. The van der Waals surface area contributed by atoms with Crippen LogP contribution in [-0.4, -0.2) is 45.1 Å². The highest BCUT2D eigenvalue weighted by Gasteiger charge is 2.28. The van der Waals surface area contributed by atoms with Gasteiger partial charge in [0.25, 0.3) is 0 Å². The van der Waals surface area contributed by atoms with Crippen molar-refractivity contribution in [1.29, 1.82) is 0 Å². The zero-order valence-electron chi connectivity index (χ0n) is 24.2. The predicted octanol–water partition coefficient (Wildman–Crippen LogP) is 7.32. The van der Waals surface area contributed by atoms with E-state index in [1.54, 1.807) is 0 Å². The molecule has 1 saturated heterocycles. The van der Waals surface area contributed by atoms with Crippen LogP contribution in [0.3, 0.4) is 0 Å². The molecule has 2 aliphatic heterocycles. The maximum absolute atomic E-state index is 15.3. The van der Waals surface area contributed by atoms with Crippen LogP contribution in [0.15, 0.2) is 60.5 Å². The minimum Gasteiger partial charge on any atom is -0.492 e. The van der Waals surface area contributed by atoms with Crippen LogP contribution in [0.2, 0.25) is 0 Å². The van der Waals surface area contributed by atoms with Crippen molar-refractivity contribution in [2.24, 2.45) is 0 Å². The van der Waals surface area contributed by atoms with Crippen molar-refractivity contribution in [1.82, 2.24) is 0 Å². The average molecular weight is 563 g/mol. The van der Waals surface area contributed by atoms with E-state index in [4.69, 9.17) is 23.7 Å². The SMILES string of the molecule is C=C1/C(F)=C\C=C(\c2c(C)cc(OC3CCOCC3)cc2C)CCC[C@H]1Oc1ccc2c(c1)OC[C@H]2CC(=O)OC. The van der Waals surface area contributed by atoms with E-state index in [2.05, 4.69) is 32.6 Å². The molecule has 1 aliphatic carbocycles. The van der Waals surface area contributed by atoms with Crippen LogP contribution in [0.25, 0.3) is 5.57 Å². The molecule has 41 heavy (non-hydrogen) atoms. The fraction of sp³-hybridized carbons (Fsp3) is 0.441. The molecule has 2 aromatic rings. The molecule has 0 aromatic heterocycles. The molecule has 3 aliphatic rings. The Balaban J connectivity index is 1.27. The molecule has 218 valence electrons. The summed E-state index contributed by atoms with van der Waals surface area (Å²) in [6.07, 6.45) is 7.31. The maximum atomic E-state index is 15.3. The number of carbonyl (C=O) groups excluding carboxylic acids is 1. The van der Waals surface area contributed by atoms with E-state index in [1.165, 1.54) is 13.2 Å². The lowest BCUT2D eigenvalue weighted by Gasteiger charge is -2.24. The van der Waals surface area contributed by atoms with Crippen molar-refractivity contribution < 1.29 is 32.9 Å². The average Bonchev–Trinajstić information content (AvgIpc) is 3.37. The Hall–Kier alpha value is -3.58. The zero-order chi connectivity index (χ0) is 28.9. The Morgan fingerprint density at radius 3 is 2.51 bits per heavy atom. The molecule has 0 unspecified atom stereocenters. The Bertz CT molecular complexity index is 1330. The predicted molar refractivity (Wildman–Crippen MR) is 156 cm³/mol. The van der Waals surface area contributed by atoms with Crippen molar-refractivity contribution in [3.8, 4) is 17.2 Å². The second-order valence-electron chi connectivity index (χ2n) is 11.1. The fourth-order valence-electron chi connectivity index (χ4n) is 5.94. The molecule has 2 atom stereocenters. The lowest BCUT2D eigenvalue weighted by Crippen LogP contribution is -2.25. The second-order valence-corrected chi connectivity index (χ2v) is 11.1. The van der Waals surface area contributed by atoms with Crippen molar-refractivity contribution in [2.75, 3.05) is 26.9 Å². The van der Waals surface area contributed by atoms with E-state index in [9.17, 15) is 4.79 Å². The number of hydrogen-bond donors (Lipinski definition) is 0. The molecule has 0 amide bonds. The van der Waals surface area contributed by atoms with Crippen LogP contribution in [0.1, 0.15) is 66.7 Å². The monoisotopic (exact) mass is 562 g/mol. The molecule has 0 bridgehead atoms. The first-order valence-electron chi connectivity index (χ1n) is 14.4. The Morgan fingerprint density at radius 2 is 1.78 bits per heavy atom. The minimum absolute atomic E-state index is 0.0503. The number of benzene rings is 2. The number of esters is 1. The van der Waals surface area contributed by atoms with Gasteiger partial charge in [0.1, 0.15) is 35.3 Å². The summed E-state index contributed by atoms with van der Waals surface area (Å²) in [5, 5.41) is 0. The summed E-state index contributed by atoms with van der Waals surface area (Å²) in [6.45, 7) is 10.1. The van der Waals surface area contributed by atoms with Gasteiger partial charge in [0, 0.05) is 36.0 Å². The first kappa shape index (κ1) is 28.9. The van der Waals surface area contributed by atoms with Crippen LogP contribution in [0, 0.1) is 13.8 Å². The van der Waals surface area contributed by atoms with Crippen LogP contribution < -0.4 is 14.2 Å². The molecular formula is C34H39FO6. The second kappa shape index (κ2) is 12.9. The third kappa shape index (κ3) is 6.84. The number of halogens is 1. The van der Waals surface area contributed by atoms with E-state index in [0.717, 1.165) is 72.5 Å². The molecule has 0 spiro atoms. The van der Waals surface area contributed by atoms with Gasteiger partial charge in [-0.1, -0.05) is 18.7 Å². The highest BCUT2D eigenvalue weighted by molar-refractivity contribution is 5.73. The minimum atomic E-state index is -0.512. The molecule has 5 rings (SSSR count). The fourth-order valence-corrected chi connectivity index (χ4v) is 5.94. The number of ether oxygens (including phenoxy) is 5. The van der Waals surface area contributed by atoms with Gasteiger partial charge in [-0.15, -0.1) is 0 Å². The lowest BCUT2D eigenvalue weighted by atomic mass is 9.91. The Kier molecular flexibility index (Phi) is 9.13.